The molecule has 5 nitrogen and oxygen atoms in total. The van der Waals surface area contributed by atoms with Crippen molar-refractivity contribution >= 4 is 0 Å². The van der Waals surface area contributed by atoms with Gasteiger partial charge >= 0.3 is 0 Å². The Labute approximate surface area is 142 Å². The number of ether oxygens (including phenoxy) is 2. The Morgan fingerprint density at radius 1 is 1.29 bits per heavy atom. The summed E-state index contributed by atoms with van der Waals surface area (Å²) in [6.07, 6.45) is 3.98. The van der Waals surface area contributed by atoms with Gasteiger partial charge in [-0.15, -0.1) is 0 Å². The van der Waals surface area contributed by atoms with Crippen LogP contribution in [0, 0.1) is 0 Å². The lowest BCUT2D eigenvalue weighted by Gasteiger charge is -2.26. The smallest absolute Gasteiger partial charge is 0.132 e. The number of nitrogens with zero attached hydrogens (tertiary/aromatic N) is 1. The number of hydrogen-bond acceptors (Lipinski definition) is 5. The van der Waals surface area contributed by atoms with Crippen molar-refractivity contribution in [3.8, 4) is 11.5 Å². The lowest BCUT2D eigenvalue weighted by atomic mass is 10.0. The highest BCUT2D eigenvalue weighted by molar-refractivity contribution is 5.40. The van der Waals surface area contributed by atoms with E-state index in [9.17, 15) is 5.11 Å². The van der Waals surface area contributed by atoms with E-state index in [1.165, 1.54) is 0 Å². The molecule has 3 rings (SSSR count). The fourth-order valence-electron chi connectivity index (χ4n) is 3.43. The van der Waals surface area contributed by atoms with Crippen molar-refractivity contribution in [1.29, 1.82) is 0 Å². The molecule has 1 N–H and O–H groups in total. The van der Waals surface area contributed by atoms with Crippen molar-refractivity contribution in [2.24, 2.45) is 0 Å². The van der Waals surface area contributed by atoms with Crippen LogP contribution in [0.4, 0.5) is 0 Å². The molecule has 0 radical (unpaired) electrons. The lowest BCUT2D eigenvalue weighted by molar-refractivity contribution is 0.0992. The number of likely N-dealkylation sites (tertiary alicyclic amines) is 1. The van der Waals surface area contributed by atoms with Crippen LogP contribution in [-0.2, 0) is 6.54 Å². The second-order valence-corrected chi connectivity index (χ2v) is 6.21. The van der Waals surface area contributed by atoms with E-state index in [0.29, 0.717) is 18.2 Å². The van der Waals surface area contributed by atoms with Gasteiger partial charge in [0.25, 0.3) is 0 Å². The van der Waals surface area contributed by atoms with Gasteiger partial charge in [-0.25, -0.2) is 0 Å². The Kier molecular flexibility index (Phi) is 5.43. The second kappa shape index (κ2) is 7.73. The summed E-state index contributed by atoms with van der Waals surface area (Å²) < 4.78 is 16.1. The number of aliphatic hydroxyl groups is 1. The van der Waals surface area contributed by atoms with E-state index in [4.69, 9.17) is 13.9 Å². The third-order valence-corrected chi connectivity index (χ3v) is 4.73. The maximum absolute atomic E-state index is 10.4. The zero-order valence-corrected chi connectivity index (χ0v) is 14.3. The second-order valence-electron chi connectivity index (χ2n) is 6.21. The third-order valence-electron chi connectivity index (χ3n) is 4.73. The standard InChI is InChI=1S/C19H25NO4/c1-22-16-8-7-14(19(12-16)23-2)13-20-9-3-5-15(20)11-17(21)18-6-4-10-24-18/h4,6-8,10,12,15,17,21H,3,5,9,11,13H2,1-2H3. The Bertz CT molecular complexity index is 641. The third kappa shape index (κ3) is 3.74. The van der Waals surface area contributed by atoms with Crippen LogP contribution in [0.5, 0.6) is 11.5 Å². The average Bonchev–Trinajstić information content (AvgIpc) is 3.27. The summed E-state index contributed by atoms with van der Waals surface area (Å²) in [7, 11) is 3.33. The predicted octanol–water partition coefficient (Wildman–Crippen LogP) is 3.38. The van der Waals surface area contributed by atoms with E-state index in [1.54, 1.807) is 20.5 Å². The minimum atomic E-state index is -0.552. The first kappa shape index (κ1) is 16.9. The minimum Gasteiger partial charge on any atom is -0.497 e. The molecule has 130 valence electrons. The van der Waals surface area contributed by atoms with Crippen LogP contribution in [0.15, 0.2) is 41.0 Å². The zero-order chi connectivity index (χ0) is 16.9. The summed E-state index contributed by atoms with van der Waals surface area (Å²) in [6.45, 7) is 1.84. The number of hydrogen-bond donors (Lipinski definition) is 1. The largest absolute Gasteiger partial charge is 0.497 e. The van der Waals surface area contributed by atoms with Crippen molar-refractivity contribution < 1.29 is 19.0 Å². The summed E-state index contributed by atoms with van der Waals surface area (Å²) >= 11 is 0. The first-order chi connectivity index (χ1) is 11.7. The van der Waals surface area contributed by atoms with Gasteiger partial charge in [0.1, 0.15) is 23.4 Å². The van der Waals surface area contributed by atoms with Crippen LogP contribution >= 0.6 is 0 Å². The van der Waals surface area contributed by atoms with Gasteiger partial charge in [0.05, 0.1) is 20.5 Å². The van der Waals surface area contributed by atoms with Crippen LogP contribution in [0.3, 0.4) is 0 Å². The highest BCUT2D eigenvalue weighted by Crippen LogP contribution is 2.31. The van der Waals surface area contributed by atoms with Crippen LogP contribution < -0.4 is 9.47 Å². The molecule has 0 bridgehead atoms. The molecule has 1 saturated heterocycles. The summed E-state index contributed by atoms with van der Waals surface area (Å²) in [5.41, 5.74) is 1.14. The monoisotopic (exact) mass is 331 g/mol. The average molecular weight is 331 g/mol. The van der Waals surface area contributed by atoms with E-state index in [1.807, 2.05) is 24.3 Å². The maximum Gasteiger partial charge on any atom is 0.132 e. The van der Waals surface area contributed by atoms with E-state index >= 15 is 0 Å². The summed E-state index contributed by atoms with van der Waals surface area (Å²) in [6, 6.07) is 9.91. The van der Waals surface area contributed by atoms with Gasteiger partial charge in [-0.1, -0.05) is 6.07 Å². The highest BCUT2D eigenvalue weighted by Gasteiger charge is 2.28. The van der Waals surface area contributed by atoms with Gasteiger partial charge in [0, 0.05) is 24.2 Å². The number of rotatable bonds is 7. The van der Waals surface area contributed by atoms with Gasteiger partial charge in [0.15, 0.2) is 0 Å². The first-order valence-electron chi connectivity index (χ1n) is 8.37. The lowest BCUT2D eigenvalue weighted by Crippen LogP contribution is -2.30. The van der Waals surface area contributed by atoms with Crippen molar-refractivity contribution in [1.82, 2.24) is 4.90 Å². The van der Waals surface area contributed by atoms with Crippen LogP contribution in [0.25, 0.3) is 0 Å². The molecule has 0 aliphatic carbocycles. The van der Waals surface area contributed by atoms with Crippen molar-refractivity contribution in [2.45, 2.75) is 38.0 Å². The number of benzene rings is 1. The van der Waals surface area contributed by atoms with Crippen molar-refractivity contribution in [3.05, 3.63) is 47.9 Å². The van der Waals surface area contributed by atoms with Gasteiger partial charge in [-0.2, -0.15) is 0 Å². The van der Waals surface area contributed by atoms with Crippen LogP contribution in [0.2, 0.25) is 0 Å². The SMILES string of the molecule is COc1ccc(CN2CCCC2CC(O)c2ccco2)c(OC)c1. The predicted molar refractivity (Wildman–Crippen MR) is 91.3 cm³/mol. The molecule has 1 aromatic carbocycles. The maximum atomic E-state index is 10.4. The molecule has 2 unspecified atom stereocenters. The van der Waals surface area contributed by atoms with Crippen LogP contribution in [0.1, 0.15) is 36.7 Å². The number of methoxy groups -OCH3 is 2. The molecule has 1 aliphatic rings. The number of furan rings is 1. The topological polar surface area (TPSA) is 55.1 Å². The molecule has 2 aromatic rings. The minimum absolute atomic E-state index is 0.344. The molecule has 0 spiro atoms. The van der Waals surface area contributed by atoms with E-state index in [0.717, 1.165) is 43.0 Å². The molecule has 1 aromatic heterocycles. The first-order valence-corrected chi connectivity index (χ1v) is 8.37. The molecule has 0 amide bonds. The normalized spacial score (nSPS) is 19.4. The zero-order valence-electron chi connectivity index (χ0n) is 14.3. The molecular weight excluding hydrogens is 306 g/mol. The van der Waals surface area contributed by atoms with E-state index in [-0.39, 0.29) is 0 Å². The molecular formula is C19H25NO4. The van der Waals surface area contributed by atoms with Gasteiger partial charge in [-0.05, 0) is 44.0 Å². The van der Waals surface area contributed by atoms with Crippen molar-refractivity contribution in [3.63, 3.8) is 0 Å². The summed E-state index contributed by atoms with van der Waals surface area (Å²) in [4.78, 5) is 2.41. The molecule has 5 heteroatoms. The fraction of sp³-hybridized carbons (Fsp3) is 0.474. The van der Waals surface area contributed by atoms with Gasteiger partial charge < -0.3 is 19.0 Å². The molecule has 2 atom stereocenters. The van der Waals surface area contributed by atoms with E-state index in [2.05, 4.69) is 11.0 Å². The van der Waals surface area contributed by atoms with Crippen LogP contribution in [-0.4, -0.2) is 36.8 Å². The highest BCUT2D eigenvalue weighted by atomic mass is 16.5. The molecule has 1 aliphatic heterocycles. The molecule has 2 heterocycles. The van der Waals surface area contributed by atoms with E-state index < -0.39 is 6.10 Å². The fourth-order valence-corrected chi connectivity index (χ4v) is 3.43. The summed E-state index contributed by atoms with van der Waals surface area (Å²) in [5, 5.41) is 10.4. The molecule has 0 saturated carbocycles. The van der Waals surface area contributed by atoms with Gasteiger partial charge in [0.2, 0.25) is 0 Å². The van der Waals surface area contributed by atoms with Gasteiger partial charge in [-0.3, -0.25) is 4.90 Å². The number of aliphatic hydroxyl groups excluding tert-OH is 1. The Balaban J connectivity index is 1.67. The summed E-state index contributed by atoms with van der Waals surface area (Å²) in [5.74, 6) is 2.28. The quantitative estimate of drug-likeness (QED) is 0.843. The van der Waals surface area contributed by atoms with Crippen molar-refractivity contribution in [2.75, 3.05) is 20.8 Å². The Morgan fingerprint density at radius 3 is 2.88 bits per heavy atom. The Morgan fingerprint density at radius 2 is 2.17 bits per heavy atom. The molecule has 1 fully saturated rings. The Hall–Kier alpha value is -1.98. The molecule has 24 heavy (non-hydrogen) atoms.